The van der Waals surface area contributed by atoms with E-state index in [4.69, 9.17) is 18.5 Å². The summed E-state index contributed by atoms with van der Waals surface area (Å²) in [4.78, 5) is 29.6. The summed E-state index contributed by atoms with van der Waals surface area (Å²) >= 11 is 0. The second-order valence-corrected chi connectivity index (χ2v) is 11.9. The van der Waals surface area contributed by atoms with Gasteiger partial charge >= 0.3 is 0 Å². The van der Waals surface area contributed by atoms with Crippen molar-refractivity contribution in [3.8, 4) is 11.5 Å². The number of methoxy groups -OCH3 is 1. The van der Waals surface area contributed by atoms with Gasteiger partial charge in [0.05, 0.1) is 51.0 Å². The molecule has 3 aromatic carbocycles. The third-order valence-electron chi connectivity index (χ3n) is 7.12. The highest BCUT2D eigenvalue weighted by Gasteiger charge is 2.36. The summed E-state index contributed by atoms with van der Waals surface area (Å²) < 4.78 is 40.1. The number of amides is 1. The van der Waals surface area contributed by atoms with Gasteiger partial charge in [-0.15, -0.1) is 0 Å². The number of nitrogens with one attached hydrogen (secondary N) is 1. The van der Waals surface area contributed by atoms with Crippen molar-refractivity contribution in [2.24, 2.45) is 4.99 Å². The van der Waals surface area contributed by atoms with Gasteiger partial charge in [-0.25, -0.2) is 9.78 Å². The summed E-state index contributed by atoms with van der Waals surface area (Å²) in [5.41, 5.74) is 5.19. The number of hydrogen-bond acceptors (Lipinski definition) is 10. The quantitative estimate of drug-likeness (QED) is 0.119. The Kier molecular flexibility index (Phi) is 9.61. The lowest BCUT2D eigenvalue weighted by atomic mass is 10.1. The molecule has 1 N–H and O–H groups in total. The van der Waals surface area contributed by atoms with Gasteiger partial charge in [0.2, 0.25) is 0 Å². The number of fused-ring (bicyclic) bond motifs is 4. The van der Waals surface area contributed by atoms with Crippen LogP contribution >= 0.6 is 0 Å². The number of carbonyl (C=O) groups is 1. The third kappa shape index (κ3) is 7.52. The lowest BCUT2D eigenvalue weighted by Gasteiger charge is -2.22. The number of nitrogens with zero attached hydrogens (tertiary/aromatic N) is 2. The topological polar surface area (TPSA) is 125 Å². The standard InChI is InChI=1S/C31H35N3O8S/c1-38-29-16-26-27(33-18-25-15-23-8-4-5-9-28(23)34(25)31(26)35)17-30(29)40-19-21-12-22(20-42-43(3,36)37)14-24(13-21)32-10-6-7-11-41-39-2/h4-5,8-9,12-14,16-18,25,32H,6-7,10-11,15,19-20H2,1-3H3/t25-/m0/s1. The normalized spacial score (nSPS) is 15.5. The molecule has 12 heteroatoms. The van der Waals surface area contributed by atoms with Gasteiger partial charge in [-0.3, -0.25) is 18.9 Å². The average Bonchev–Trinajstić information content (AvgIpc) is 3.31. The zero-order chi connectivity index (χ0) is 30.4. The van der Waals surface area contributed by atoms with Crippen LogP contribution in [-0.2, 0) is 43.7 Å². The van der Waals surface area contributed by atoms with Crippen molar-refractivity contribution in [3.63, 3.8) is 0 Å². The molecule has 0 unspecified atom stereocenters. The molecule has 1 atom stereocenters. The summed E-state index contributed by atoms with van der Waals surface area (Å²) in [6.45, 7) is 1.21. The predicted octanol–water partition coefficient (Wildman–Crippen LogP) is 4.81. The summed E-state index contributed by atoms with van der Waals surface area (Å²) in [5, 5.41) is 3.36. The highest BCUT2D eigenvalue weighted by atomic mass is 32.2. The first-order chi connectivity index (χ1) is 20.8. The molecule has 0 saturated heterocycles. The van der Waals surface area contributed by atoms with Crippen LogP contribution in [0.25, 0.3) is 0 Å². The molecule has 2 aliphatic rings. The first-order valence-electron chi connectivity index (χ1n) is 13.9. The molecular weight excluding hydrogens is 574 g/mol. The number of unbranched alkanes of at least 4 members (excludes halogenated alkanes) is 1. The minimum absolute atomic E-state index is 0.108. The number of hydrogen-bond donors (Lipinski definition) is 1. The number of aliphatic imine (C=N–C) groups is 1. The molecule has 43 heavy (non-hydrogen) atoms. The summed E-state index contributed by atoms with van der Waals surface area (Å²) in [6, 6.07) is 16.7. The van der Waals surface area contributed by atoms with Crippen molar-refractivity contribution in [2.75, 3.05) is 43.8 Å². The van der Waals surface area contributed by atoms with Gasteiger partial charge in [-0.2, -0.15) is 8.42 Å². The van der Waals surface area contributed by atoms with Crippen molar-refractivity contribution >= 4 is 39.3 Å². The number of ether oxygens (including phenoxy) is 2. The zero-order valence-corrected chi connectivity index (χ0v) is 25.2. The first kappa shape index (κ1) is 30.5. The Morgan fingerprint density at radius 3 is 2.56 bits per heavy atom. The van der Waals surface area contributed by atoms with E-state index in [0.29, 0.717) is 47.9 Å². The number of anilines is 2. The van der Waals surface area contributed by atoms with Gasteiger partial charge in [0.1, 0.15) is 6.61 Å². The van der Waals surface area contributed by atoms with Crippen molar-refractivity contribution < 1.29 is 36.6 Å². The molecule has 0 radical (unpaired) electrons. The van der Waals surface area contributed by atoms with Crippen LogP contribution in [-0.4, -0.2) is 60.2 Å². The molecule has 0 bridgehead atoms. The highest BCUT2D eigenvalue weighted by molar-refractivity contribution is 7.85. The molecule has 0 saturated carbocycles. The average molecular weight is 610 g/mol. The molecule has 0 aliphatic carbocycles. The number of benzene rings is 3. The minimum Gasteiger partial charge on any atom is -0.493 e. The fraction of sp³-hybridized carbons (Fsp3) is 0.355. The molecule has 1 amide bonds. The Morgan fingerprint density at radius 1 is 1.00 bits per heavy atom. The molecule has 2 aliphatic heterocycles. The van der Waals surface area contributed by atoms with E-state index in [0.717, 1.165) is 41.6 Å². The largest absolute Gasteiger partial charge is 0.493 e. The summed E-state index contributed by atoms with van der Waals surface area (Å²) in [5.74, 6) is 0.691. The fourth-order valence-corrected chi connectivity index (χ4v) is 5.51. The van der Waals surface area contributed by atoms with Crippen molar-refractivity contribution in [1.29, 1.82) is 0 Å². The maximum atomic E-state index is 13.7. The van der Waals surface area contributed by atoms with E-state index in [1.165, 1.54) is 14.2 Å². The molecule has 228 valence electrons. The maximum Gasteiger partial charge on any atom is 0.264 e. The smallest absolute Gasteiger partial charge is 0.264 e. The van der Waals surface area contributed by atoms with Crippen LogP contribution in [0.2, 0.25) is 0 Å². The van der Waals surface area contributed by atoms with Crippen molar-refractivity contribution in [1.82, 2.24) is 0 Å². The van der Waals surface area contributed by atoms with Crippen LogP contribution in [0.1, 0.15) is 39.9 Å². The van der Waals surface area contributed by atoms with Gasteiger partial charge in [0, 0.05) is 36.6 Å². The molecule has 11 nitrogen and oxygen atoms in total. The Balaban J connectivity index is 1.34. The van der Waals surface area contributed by atoms with Crippen molar-refractivity contribution in [3.05, 3.63) is 76.9 Å². The van der Waals surface area contributed by atoms with Gasteiger partial charge in [-0.05, 0) is 59.9 Å². The van der Waals surface area contributed by atoms with Gasteiger partial charge in [0.15, 0.2) is 11.5 Å². The summed E-state index contributed by atoms with van der Waals surface area (Å²) in [6.07, 6.45) is 5.18. The van der Waals surface area contributed by atoms with Crippen molar-refractivity contribution in [2.45, 2.75) is 38.5 Å². The molecule has 5 rings (SSSR count). The van der Waals surface area contributed by atoms with E-state index in [1.807, 2.05) is 48.7 Å². The Bertz CT molecular complexity index is 1610. The van der Waals surface area contributed by atoms with E-state index in [2.05, 4.69) is 15.2 Å². The van der Waals surface area contributed by atoms with Gasteiger partial charge in [0.25, 0.3) is 16.0 Å². The molecule has 2 heterocycles. The second-order valence-electron chi connectivity index (χ2n) is 10.3. The van der Waals surface area contributed by atoms with Crippen LogP contribution in [0.15, 0.2) is 59.6 Å². The predicted molar refractivity (Wildman–Crippen MR) is 163 cm³/mol. The van der Waals surface area contributed by atoms with E-state index >= 15 is 0 Å². The van der Waals surface area contributed by atoms with Crippen LogP contribution < -0.4 is 19.7 Å². The van der Waals surface area contributed by atoms with Gasteiger partial charge < -0.3 is 14.8 Å². The zero-order valence-electron chi connectivity index (χ0n) is 24.4. The number of carbonyl (C=O) groups excluding carboxylic acids is 1. The molecule has 0 fully saturated rings. The van der Waals surface area contributed by atoms with Gasteiger partial charge in [-0.1, -0.05) is 18.2 Å². The molecule has 3 aromatic rings. The first-order valence-corrected chi connectivity index (χ1v) is 15.7. The summed E-state index contributed by atoms with van der Waals surface area (Å²) in [7, 11) is -0.621. The Labute approximate surface area is 251 Å². The second kappa shape index (κ2) is 13.6. The minimum atomic E-state index is -3.62. The number of para-hydroxylation sites is 1. The Morgan fingerprint density at radius 2 is 1.79 bits per heavy atom. The Hall–Kier alpha value is -3.97. The molecule has 0 aromatic heterocycles. The third-order valence-corrected chi connectivity index (χ3v) is 7.66. The van der Waals surface area contributed by atoms with E-state index in [9.17, 15) is 13.2 Å². The number of rotatable bonds is 14. The molecule has 0 spiro atoms. The van der Waals surface area contributed by atoms with E-state index in [1.54, 1.807) is 17.0 Å². The van der Waals surface area contributed by atoms with E-state index in [-0.39, 0.29) is 25.2 Å². The van der Waals surface area contributed by atoms with Crippen LogP contribution in [0, 0.1) is 0 Å². The fourth-order valence-electron chi connectivity index (χ4n) is 5.16. The van der Waals surface area contributed by atoms with Crippen LogP contribution in [0.5, 0.6) is 11.5 Å². The van der Waals surface area contributed by atoms with E-state index < -0.39 is 10.1 Å². The van der Waals surface area contributed by atoms with Crippen LogP contribution in [0.4, 0.5) is 17.1 Å². The van der Waals surface area contributed by atoms with Crippen LogP contribution in [0.3, 0.4) is 0 Å². The highest BCUT2D eigenvalue weighted by Crippen LogP contribution is 2.41. The lowest BCUT2D eigenvalue weighted by molar-refractivity contribution is -0.272. The lowest BCUT2D eigenvalue weighted by Crippen LogP contribution is -2.37. The maximum absolute atomic E-state index is 13.7. The SMILES string of the molecule is COOCCCCNc1cc(COc2cc3c(cc2OC)C(=O)N2c4ccccc4C[C@H]2C=N3)cc(COS(C)(=O)=O)c1. The molecular formula is C31H35N3O8S. The monoisotopic (exact) mass is 609 g/mol.